The highest BCUT2D eigenvalue weighted by molar-refractivity contribution is 5.89. The molecule has 0 saturated carbocycles. The number of amides is 2. The molecule has 27 heavy (non-hydrogen) atoms. The first-order valence-electron chi connectivity index (χ1n) is 9.30. The minimum Gasteiger partial charge on any atom is -0.497 e. The normalized spacial score (nSPS) is 15.5. The Bertz CT molecular complexity index is 764. The van der Waals surface area contributed by atoms with Gasteiger partial charge < -0.3 is 15.0 Å². The highest BCUT2D eigenvalue weighted by Gasteiger charge is 2.20. The summed E-state index contributed by atoms with van der Waals surface area (Å²) in [5, 5.41) is 2.95. The van der Waals surface area contributed by atoms with Crippen LogP contribution in [0.1, 0.15) is 12.5 Å². The molecule has 1 heterocycles. The monoisotopic (exact) mass is 365 g/mol. The van der Waals surface area contributed by atoms with Crippen LogP contribution < -0.4 is 10.1 Å². The highest BCUT2D eigenvalue weighted by atomic mass is 16.5. The van der Waals surface area contributed by atoms with Crippen molar-refractivity contribution in [3.05, 3.63) is 66.2 Å². The molecule has 2 amide bonds. The van der Waals surface area contributed by atoms with Crippen molar-refractivity contribution in [1.29, 1.82) is 0 Å². The van der Waals surface area contributed by atoms with Gasteiger partial charge >= 0.3 is 6.03 Å². The molecule has 142 valence electrons. The maximum absolute atomic E-state index is 12.4. The summed E-state index contributed by atoms with van der Waals surface area (Å²) in [6.45, 7) is 6.28. The number of hydrogen-bond acceptors (Lipinski definition) is 3. The largest absolute Gasteiger partial charge is 0.497 e. The third kappa shape index (κ3) is 5.34. The van der Waals surface area contributed by atoms with Gasteiger partial charge in [0.05, 0.1) is 7.11 Å². The smallest absolute Gasteiger partial charge is 0.321 e. The van der Waals surface area contributed by atoms with Crippen LogP contribution in [-0.4, -0.2) is 55.7 Å². The number of piperazine rings is 1. The van der Waals surface area contributed by atoms with Crippen LogP contribution in [0.25, 0.3) is 5.57 Å². The maximum atomic E-state index is 12.4. The van der Waals surface area contributed by atoms with Crippen LogP contribution in [0.3, 0.4) is 0 Å². The van der Waals surface area contributed by atoms with Gasteiger partial charge in [-0.3, -0.25) is 4.90 Å². The molecule has 0 aliphatic carbocycles. The Hall–Kier alpha value is -2.79. The van der Waals surface area contributed by atoms with Crippen LogP contribution >= 0.6 is 0 Å². The van der Waals surface area contributed by atoms with E-state index in [-0.39, 0.29) is 6.03 Å². The Morgan fingerprint density at radius 2 is 1.70 bits per heavy atom. The number of nitrogens with one attached hydrogen (secondary N) is 1. The van der Waals surface area contributed by atoms with Crippen molar-refractivity contribution in [3.63, 3.8) is 0 Å². The number of nitrogens with zero attached hydrogens (tertiary/aromatic N) is 2. The molecule has 2 aromatic carbocycles. The van der Waals surface area contributed by atoms with E-state index in [1.807, 2.05) is 47.4 Å². The van der Waals surface area contributed by atoms with Crippen LogP contribution in [0.5, 0.6) is 5.75 Å². The van der Waals surface area contributed by atoms with E-state index in [1.54, 1.807) is 7.11 Å². The van der Waals surface area contributed by atoms with E-state index in [0.717, 1.165) is 44.2 Å². The van der Waals surface area contributed by atoms with Crippen LogP contribution in [0, 0.1) is 0 Å². The molecule has 1 aliphatic heterocycles. The lowest BCUT2D eigenvalue weighted by Gasteiger charge is -2.34. The quantitative estimate of drug-likeness (QED) is 0.873. The summed E-state index contributed by atoms with van der Waals surface area (Å²) in [6, 6.07) is 17.7. The van der Waals surface area contributed by atoms with Gasteiger partial charge in [-0.1, -0.05) is 36.4 Å². The summed E-state index contributed by atoms with van der Waals surface area (Å²) in [4.78, 5) is 16.6. The highest BCUT2D eigenvalue weighted by Crippen LogP contribution is 2.18. The molecule has 5 nitrogen and oxygen atoms in total. The van der Waals surface area contributed by atoms with Gasteiger partial charge in [-0.15, -0.1) is 0 Å². The van der Waals surface area contributed by atoms with Crippen molar-refractivity contribution >= 4 is 17.3 Å². The number of ether oxygens (including phenoxy) is 1. The molecule has 1 aliphatic rings. The maximum Gasteiger partial charge on any atom is 0.321 e. The molecule has 1 fully saturated rings. The van der Waals surface area contributed by atoms with Crippen LogP contribution in [-0.2, 0) is 0 Å². The van der Waals surface area contributed by atoms with Crippen molar-refractivity contribution in [2.24, 2.45) is 0 Å². The van der Waals surface area contributed by atoms with E-state index in [2.05, 4.69) is 35.3 Å². The second-order valence-electron chi connectivity index (χ2n) is 6.70. The molecule has 0 atom stereocenters. The molecule has 0 radical (unpaired) electrons. The number of allylic oxidation sites excluding steroid dienone is 1. The predicted octanol–water partition coefficient (Wildman–Crippen LogP) is 3.95. The lowest BCUT2D eigenvalue weighted by Crippen LogP contribution is -2.49. The van der Waals surface area contributed by atoms with Crippen molar-refractivity contribution in [2.45, 2.75) is 6.92 Å². The zero-order chi connectivity index (χ0) is 19.1. The number of methoxy groups -OCH3 is 1. The molecular formula is C22H27N3O2. The Morgan fingerprint density at radius 1 is 1.04 bits per heavy atom. The molecule has 0 aromatic heterocycles. The Kier molecular flexibility index (Phi) is 6.49. The lowest BCUT2D eigenvalue weighted by atomic mass is 10.1. The van der Waals surface area contributed by atoms with Crippen molar-refractivity contribution in [2.75, 3.05) is 45.2 Å². The van der Waals surface area contributed by atoms with Gasteiger partial charge in [-0.25, -0.2) is 4.79 Å². The van der Waals surface area contributed by atoms with E-state index in [4.69, 9.17) is 4.74 Å². The molecular weight excluding hydrogens is 338 g/mol. The fourth-order valence-electron chi connectivity index (χ4n) is 3.10. The zero-order valence-electron chi connectivity index (χ0n) is 16.0. The van der Waals surface area contributed by atoms with Gasteiger partial charge in [0.2, 0.25) is 0 Å². The second-order valence-corrected chi connectivity index (χ2v) is 6.70. The van der Waals surface area contributed by atoms with Crippen molar-refractivity contribution < 1.29 is 9.53 Å². The molecule has 0 unspecified atom stereocenters. The summed E-state index contributed by atoms with van der Waals surface area (Å²) in [6.07, 6.45) is 2.25. The number of carbonyl (C=O) groups excluding carboxylic acids is 1. The molecule has 0 spiro atoms. The molecule has 1 saturated heterocycles. The molecule has 3 rings (SSSR count). The average Bonchev–Trinajstić information content (AvgIpc) is 2.73. The summed E-state index contributed by atoms with van der Waals surface area (Å²) < 4.78 is 5.21. The number of para-hydroxylation sites is 1. The number of hydrogen-bond donors (Lipinski definition) is 1. The van der Waals surface area contributed by atoms with E-state index >= 15 is 0 Å². The predicted molar refractivity (Wildman–Crippen MR) is 110 cm³/mol. The molecule has 1 N–H and O–H groups in total. The third-order valence-electron chi connectivity index (χ3n) is 4.89. The van der Waals surface area contributed by atoms with Crippen molar-refractivity contribution in [3.8, 4) is 5.75 Å². The van der Waals surface area contributed by atoms with Gasteiger partial charge in [0.15, 0.2) is 0 Å². The summed E-state index contributed by atoms with van der Waals surface area (Å²) in [5.41, 5.74) is 3.29. The van der Waals surface area contributed by atoms with E-state index < -0.39 is 0 Å². The summed E-state index contributed by atoms with van der Waals surface area (Å²) in [5.74, 6) is 0.872. The third-order valence-corrected chi connectivity index (χ3v) is 4.89. The van der Waals surface area contributed by atoms with Gasteiger partial charge in [-0.2, -0.15) is 0 Å². The Balaban J connectivity index is 1.46. The van der Waals surface area contributed by atoms with E-state index in [9.17, 15) is 4.79 Å². The molecule has 5 heteroatoms. The first kappa shape index (κ1) is 19.0. The topological polar surface area (TPSA) is 44.8 Å². The second kappa shape index (κ2) is 9.24. The van der Waals surface area contributed by atoms with Crippen LogP contribution in [0.4, 0.5) is 10.5 Å². The lowest BCUT2D eigenvalue weighted by molar-refractivity contribution is 0.156. The van der Waals surface area contributed by atoms with Gasteiger partial charge in [0, 0.05) is 38.4 Å². The van der Waals surface area contributed by atoms with Crippen LogP contribution in [0.15, 0.2) is 60.7 Å². The van der Waals surface area contributed by atoms with E-state index in [1.165, 1.54) is 11.1 Å². The summed E-state index contributed by atoms with van der Waals surface area (Å²) in [7, 11) is 1.68. The number of carbonyl (C=O) groups is 1. The van der Waals surface area contributed by atoms with Crippen molar-refractivity contribution in [1.82, 2.24) is 9.80 Å². The molecule has 2 aromatic rings. The first-order chi connectivity index (χ1) is 13.2. The Labute approximate surface area is 161 Å². The number of rotatable bonds is 5. The standard InChI is InChI=1S/C22H27N3O2/c1-18(19-8-10-21(27-2)11-9-19)12-13-24-14-16-25(17-15-24)22(26)23-20-6-4-3-5-7-20/h3-12H,13-17H2,1-2H3,(H,23,26)/b18-12+. The number of urea groups is 1. The molecule has 0 bridgehead atoms. The van der Waals surface area contributed by atoms with Gasteiger partial charge in [0.25, 0.3) is 0 Å². The fourth-order valence-corrected chi connectivity index (χ4v) is 3.10. The minimum atomic E-state index is -0.0224. The zero-order valence-corrected chi connectivity index (χ0v) is 16.0. The van der Waals surface area contributed by atoms with Crippen LogP contribution in [0.2, 0.25) is 0 Å². The fraction of sp³-hybridized carbons (Fsp3) is 0.318. The SMILES string of the molecule is COc1ccc(/C(C)=C/CN2CCN(C(=O)Nc3ccccc3)CC2)cc1. The van der Waals surface area contributed by atoms with Gasteiger partial charge in [0.1, 0.15) is 5.75 Å². The average molecular weight is 365 g/mol. The summed E-state index contributed by atoms with van der Waals surface area (Å²) >= 11 is 0. The number of benzene rings is 2. The van der Waals surface area contributed by atoms with Gasteiger partial charge in [-0.05, 0) is 42.3 Å². The Morgan fingerprint density at radius 3 is 2.33 bits per heavy atom. The van der Waals surface area contributed by atoms with E-state index in [0.29, 0.717) is 0 Å². The first-order valence-corrected chi connectivity index (χ1v) is 9.30. The minimum absolute atomic E-state index is 0.0224. The number of anilines is 1.